The Morgan fingerprint density at radius 3 is 2.42 bits per heavy atom. The van der Waals surface area contributed by atoms with Crippen LogP contribution in [0.2, 0.25) is 0 Å². The molecule has 1 aromatic carbocycles. The van der Waals surface area contributed by atoms with E-state index in [1.54, 1.807) is 17.5 Å². The molecule has 0 saturated carbocycles. The molecule has 2 aromatic rings. The lowest BCUT2D eigenvalue weighted by atomic mass is 9.99. The van der Waals surface area contributed by atoms with Gasteiger partial charge in [-0.15, -0.1) is 11.3 Å². The normalized spacial score (nSPS) is 22.3. The van der Waals surface area contributed by atoms with E-state index in [2.05, 4.69) is 42.9 Å². The smallest absolute Gasteiger partial charge is 0.241 e. The first kappa shape index (κ1) is 19.0. The Kier molecular flexibility index (Phi) is 6.06. The van der Waals surface area contributed by atoms with E-state index in [0.717, 1.165) is 29.3 Å². The van der Waals surface area contributed by atoms with Crippen LogP contribution in [0.1, 0.15) is 27.7 Å². The lowest BCUT2D eigenvalue weighted by Crippen LogP contribution is -2.55. The Morgan fingerprint density at radius 1 is 1.23 bits per heavy atom. The summed E-state index contributed by atoms with van der Waals surface area (Å²) >= 11 is 1.61. The number of benzene rings is 1. The minimum absolute atomic E-state index is 0.0447. The molecular weight excluding hydrogens is 346 g/mol. The standard InChI is InChI=1S/C20H27N3O2S/c1-13(2)18(23-11-14(3)25-15(4)12-23)19(24)22-17-7-5-16(6-8-17)20-21-9-10-26-20/h5-10,13-15,18H,11-12H2,1-4H3,(H,22,24). The maximum Gasteiger partial charge on any atom is 0.241 e. The average molecular weight is 374 g/mol. The predicted molar refractivity (Wildman–Crippen MR) is 106 cm³/mol. The fourth-order valence-corrected chi connectivity index (χ4v) is 4.26. The molecule has 0 aliphatic carbocycles. The zero-order chi connectivity index (χ0) is 18.7. The van der Waals surface area contributed by atoms with Gasteiger partial charge >= 0.3 is 0 Å². The number of rotatable bonds is 5. The van der Waals surface area contributed by atoms with Crippen molar-refractivity contribution in [3.8, 4) is 10.6 Å². The molecule has 140 valence electrons. The van der Waals surface area contributed by atoms with Crippen LogP contribution in [0.3, 0.4) is 0 Å². The molecule has 5 nitrogen and oxygen atoms in total. The third kappa shape index (κ3) is 4.50. The van der Waals surface area contributed by atoms with Crippen molar-refractivity contribution in [1.82, 2.24) is 9.88 Å². The molecule has 2 heterocycles. The van der Waals surface area contributed by atoms with Crippen LogP contribution in [0.4, 0.5) is 5.69 Å². The minimum Gasteiger partial charge on any atom is -0.373 e. The molecule has 6 heteroatoms. The van der Waals surface area contributed by atoms with Crippen molar-refractivity contribution in [1.29, 1.82) is 0 Å². The number of thiazole rings is 1. The quantitative estimate of drug-likeness (QED) is 0.864. The number of amides is 1. The summed E-state index contributed by atoms with van der Waals surface area (Å²) in [6.45, 7) is 9.89. The van der Waals surface area contributed by atoms with Gasteiger partial charge in [-0.05, 0) is 44.0 Å². The van der Waals surface area contributed by atoms with Gasteiger partial charge in [-0.25, -0.2) is 4.98 Å². The van der Waals surface area contributed by atoms with Gasteiger partial charge in [0.25, 0.3) is 0 Å². The van der Waals surface area contributed by atoms with Gasteiger partial charge in [0.15, 0.2) is 0 Å². The first-order valence-electron chi connectivity index (χ1n) is 9.14. The van der Waals surface area contributed by atoms with Crippen LogP contribution in [0.25, 0.3) is 10.6 Å². The fraction of sp³-hybridized carbons (Fsp3) is 0.500. The van der Waals surface area contributed by atoms with E-state index in [1.165, 1.54) is 0 Å². The van der Waals surface area contributed by atoms with E-state index in [-0.39, 0.29) is 30.1 Å². The summed E-state index contributed by atoms with van der Waals surface area (Å²) in [7, 11) is 0. The Labute approximate surface area is 159 Å². The van der Waals surface area contributed by atoms with Crippen molar-refractivity contribution in [3.63, 3.8) is 0 Å². The number of hydrogen-bond acceptors (Lipinski definition) is 5. The summed E-state index contributed by atoms with van der Waals surface area (Å²) in [5.41, 5.74) is 1.88. The molecule has 1 amide bonds. The van der Waals surface area contributed by atoms with Crippen LogP contribution < -0.4 is 5.32 Å². The van der Waals surface area contributed by atoms with E-state index < -0.39 is 0 Å². The number of nitrogens with zero attached hydrogens (tertiary/aromatic N) is 2. The van der Waals surface area contributed by atoms with Crippen molar-refractivity contribution >= 4 is 22.9 Å². The topological polar surface area (TPSA) is 54.5 Å². The number of carbonyl (C=O) groups is 1. The number of carbonyl (C=O) groups excluding carboxylic acids is 1. The molecule has 3 atom stereocenters. The number of hydrogen-bond donors (Lipinski definition) is 1. The van der Waals surface area contributed by atoms with Crippen molar-refractivity contribution in [2.75, 3.05) is 18.4 Å². The monoisotopic (exact) mass is 373 g/mol. The molecule has 1 aliphatic heterocycles. The van der Waals surface area contributed by atoms with Gasteiger partial charge in [0, 0.05) is 35.9 Å². The van der Waals surface area contributed by atoms with Crippen LogP contribution >= 0.6 is 11.3 Å². The Balaban J connectivity index is 1.70. The van der Waals surface area contributed by atoms with E-state index in [0.29, 0.717) is 0 Å². The fourth-order valence-electron chi connectivity index (χ4n) is 3.61. The minimum atomic E-state index is -0.164. The zero-order valence-electron chi connectivity index (χ0n) is 15.8. The highest BCUT2D eigenvalue weighted by Gasteiger charge is 2.34. The number of aromatic nitrogens is 1. The van der Waals surface area contributed by atoms with Gasteiger partial charge in [-0.2, -0.15) is 0 Å². The second kappa shape index (κ2) is 8.29. The summed E-state index contributed by atoms with van der Waals surface area (Å²) < 4.78 is 5.81. The predicted octanol–water partition coefficient (Wildman–Crippen LogP) is 3.88. The summed E-state index contributed by atoms with van der Waals surface area (Å²) in [5.74, 6) is 0.269. The Bertz CT molecular complexity index is 705. The number of morpholine rings is 1. The van der Waals surface area contributed by atoms with Crippen molar-refractivity contribution in [3.05, 3.63) is 35.8 Å². The van der Waals surface area contributed by atoms with E-state index >= 15 is 0 Å². The lowest BCUT2D eigenvalue weighted by Gasteiger charge is -2.41. The highest BCUT2D eigenvalue weighted by molar-refractivity contribution is 7.13. The van der Waals surface area contributed by atoms with Crippen LogP contribution in [0.5, 0.6) is 0 Å². The maximum absolute atomic E-state index is 13.0. The van der Waals surface area contributed by atoms with Crippen LogP contribution in [0.15, 0.2) is 35.8 Å². The molecule has 0 radical (unpaired) electrons. The number of anilines is 1. The molecule has 1 fully saturated rings. The molecule has 0 spiro atoms. The molecule has 1 aliphatic rings. The first-order chi connectivity index (χ1) is 12.4. The molecule has 26 heavy (non-hydrogen) atoms. The van der Waals surface area contributed by atoms with Crippen molar-refractivity contribution in [2.45, 2.75) is 45.9 Å². The van der Waals surface area contributed by atoms with Gasteiger partial charge < -0.3 is 10.1 Å². The van der Waals surface area contributed by atoms with Crippen molar-refractivity contribution in [2.24, 2.45) is 5.92 Å². The molecule has 0 bridgehead atoms. The molecule has 3 unspecified atom stereocenters. The van der Waals surface area contributed by atoms with Crippen LogP contribution in [0, 0.1) is 5.92 Å². The summed E-state index contributed by atoms with van der Waals surface area (Å²) in [6.07, 6.45) is 2.09. The van der Waals surface area contributed by atoms with E-state index in [1.807, 2.05) is 29.6 Å². The maximum atomic E-state index is 13.0. The van der Waals surface area contributed by atoms with Gasteiger partial charge in [-0.3, -0.25) is 9.69 Å². The largest absolute Gasteiger partial charge is 0.373 e. The molecular formula is C20H27N3O2S. The second-order valence-corrected chi connectivity index (χ2v) is 8.20. The van der Waals surface area contributed by atoms with Gasteiger partial charge in [0.2, 0.25) is 5.91 Å². The van der Waals surface area contributed by atoms with Crippen molar-refractivity contribution < 1.29 is 9.53 Å². The number of nitrogens with one attached hydrogen (secondary N) is 1. The SMILES string of the molecule is CC1CN(C(C(=O)Nc2ccc(-c3nccs3)cc2)C(C)C)CC(C)O1. The van der Waals surface area contributed by atoms with Crippen LogP contribution in [-0.4, -0.2) is 47.1 Å². The summed E-state index contributed by atoms with van der Waals surface area (Å²) in [4.78, 5) is 19.5. The van der Waals surface area contributed by atoms with Gasteiger partial charge in [-0.1, -0.05) is 13.8 Å². The van der Waals surface area contributed by atoms with Gasteiger partial charge in [0.1, 0.15) is 5.01 Å². The summed E-state index contributed by atoms with van der Waals surface area (Å²) in [5, 5.41) is 6.03. The highest BCUT2D eigenvalue weighted by atomic mass is 32.1. The third-order valence-corrected chi connectivity index (χ3v) is 5.40. The second-order valence-electron chi connectivity index (χ2n) is 7.30. The average Bonchev–Trinajstić information content (AvgIpc) is 3.08. The number of ether oxygens (including phenoxy) is 1. The highest BCUT2D eigenvalue weighted by Crippen LogP contribution is 2.24. The zero-order valence-corrected chi connectivity index (χ0v) is 16.6. The van der Waals surface area contributed by atoms with E-state index in [9.17, 15) is 4.79 Å². The molecule has 1 saturated heterocycles. The van der Waals surface area contributed by atoms with E-state index in [4.69, 9.17) is 4.74 Å². The van der Waals surface area contributed by atoms with Crippen LogP contribution in [-0.2, 0) is 9.53 Å². The molecule has 1 aromatic heterocycles. The summed E-state index contributed by atoms with van der Waals surface area (Å²) in [6, 6.07) is 7.71. The lowest BCUT2D eigenvalue weighted by molar-refractivity contribution is -0.130. The Morgan fingerprint density at radius 2 is 1.88 bits per heavy atom. The first-order valence-corrected chi connectivity index (χ1v) is 10.0. The Hall–Kier alpha value is -1.76. The molecule has 1 N–H and O–H groups in total. The third-order valence-electron chi connectivity index (χ3n) is 4.57. The van der Waals surface area contributed by atoms with Gasteiger partial charge in [0.05, 0.1) is 18.2 Å². The molecule has 3 rings (SSSR count).